The lowest BCUT2D eigenvalue weighted by molar-refractivity contribution is -0.158. The first kappa shape index (κ1) is 17.9. The number of nitrogens with one attached hydrogen (secondary N) is 1. The highest BCUT2D eigenvalue weighted by molar-refractivity contribution is 7.90. The van der Waals surface area contributed by atoms with Gasteiger partial charge in [-0.05, 0) is 27.2 Å². The van der Waals surface area contributed by atoms with Crippen LogP contribution in [0.2, 0.25) is 0 Å². The zero-order valence-electron chi connectivity index (χ0n) is 12.1. The molecule has 0 radical (unpaired) electrons. The summed E-state index contributed by atoms with van der Waals surface area (Å²) in [6.45, 7) is 6.78. The molecule has 6 nitrogen and oxygen atoms in total. The molecule has 0 spiro atoms. The molecule has 0 aliphatic carbocycles. The van der Waals surface area contributed by atoms with Crippen molar-refractivity contribution in [1.29, 1.82) is 0 Å². The van der Waals surface area contributed by atoms with Crippen molar-refractivity contribution in [2.24, 2.45) is 0 Å². The number of ether oxygens (including phenoxy) is 1. The monoisotopic (exact) mass is 293 g/mol. The molecule has 0 saturated heterocycles. The van der Waals surface area contributed by atoms with Gasteiger partial charge in [-0.15, -0.1) is 0 Å². The Balaban J connectivity index is 4.75. The lowest BCUT2D eigenvalue weighted by atomic mass is 10.1. The van der Waals surface area contributed by atoms with Crippen LogP contribution in [0.4, 0.5) is 0 Å². The topological polar surface area (TPSA) is 89.5 Å². The minimum Gasteiger partial charge on any atom is -0.458 e. The Morgan fingerprint density at radius 1 is 1.26 bits per heavy atom. The molecule has 1 N–H and O–H groups in total. The Bertz CT molecular complexity index is 422. The maximum absolute atomic E-state index is 11.9. The molecule has 7 heteroatoms. The summed E-state index contributed by atoms with van der Waals surface area (Å²) in [4.78, 5) is 23.2. The Labute approximate surface area is 114 Å². The minimum atomic E-state index is -3.20. The van der Waals surface area contributed by atoms with Crippen LogP contribution in [0.15, 0.2) is 0 Å². The van der Waals surface area contributed by atoms with Crippen LogP contribution in [0.1, 0.15) is 40.5 Å². The summed E-state index contributed by atoms with van der Waals surface area (Å²) in [5, 5.41) is 2.48. The van der Waals surface area contributed by atoms with Crippen LogP contribution in [-0.2, 0) is 24.2 Å². The second kappa shape index (κ2) is 6.88. The average molecular weight is 293 g/mol. The van der Waals surface area contributed by atoms with Crippen LogP contribution in [0.3, 0.4) is 0 Å². The molecule has 0 unspecified atom stereocenters. The molecule has 0 aromatic heterocycles. The highest BCUT2D eigenvalue weighted by Crippen LogP contribution is 2.10. The molecule has 112 valence electrons. The maximum atomic E-state index is 11.9. The van der Waals surface area contributed by atoms with Gasteiger partial charge in [0.2, 0.25) is 5.91 Å². The number of carbonyl (C=O) groups excluding carboxylic acids is 2. The fourth-order valence-corrected chi connectivity index (χ4v) is 1.91. The normalized spacial score (nSPS) is 13.7. The second-order valence-corrected chi connectivity index (χ2v) is 7.69. The Morgan fingerprint density at radius 3 is 2.16 bits per heavy atom. The number of amides is 1. The van der Waals surface area contributed by atoms with E-state index in [-0.39, 0.29) is 24.5 Å². The fourth-order valence-electron chi connectivity index (χ4n) is 1.25. The highest BCUT2D eigenvalue weighted by Gasteiger charge is 2.27. The molecule has 0 rings (SSSR count). The first-order valence-corrected chi connectivity index (χ1v) is 8.20. The van der Waals surface area contributed by atoms with Gasteiger partial charge >= 0.3 is 5.97 Å². The molecule has 1 atom stereocenters. The molecule has 0 aromatic rings. The summed E-state index contributed by atoms with van der Waals surface area (Å²) in [5.41, 5.74) is -0.683. The molecule has 0 heterocycles. The number of hydrogen-bond donors (Lipinski definition) is 1. The van der Waals surface area contributed by atoms with Crippen molar-refractivity contribution in [3.05, 3.63) is 0 Å². The predicted octanol–water partition coefficient (Wildman–Crippen LogP) is 0.658. The van der Waals surface area contributed by atoms with Gasteiger partial charge in [0.05, 0.1) is 5.75 Å². The highest BCUT2D eigenvalue weighted by atomic mass is 32.2. The van der Waals surface area contributed by atoms with Crippen molar-refractivity contribution < 1.29 is 22.7 Å². The van der Waals surface area contributed by atoms with Crippen LogP contribution in [0, 0.1) is 0 Å². The second-order valence-electron chi connectivity index (χ2n) is 5.43. The van der Waals surface area contributed by atoms with E-state index in [1.165, 1.54) is 0 Å². The van der Waals surface area contributed by atoms with E-state index in [1.807, 2.05) is 0 Å². The SMILES string of the molecule is CCC(=O)N[C@H](CCS(C)(=O)=O)C(=O)OC(C)(C)C. The molecule has 0 bridgehead atoms. The Kier molecular flexibility index (Phi) is 6.48. The zero-order valence-corrected chi connectivity index (χ0v) is 13.0. The summed E-state index contributed by atoms with van der Waals surface area (Å²) in [5.74, 6) is -1.11. The van der Waals surface area contributed by atoms with Gasteiger partial charge < -0.3 is 10.1 Å². The van der Waals surface area contributed by atoms with E-state index in [2.05, 4.69) is 5.32 Å². The maximum Gasteiger partial charge on any atom is 0.329 e. The summed E-state index contributed by atoms with van der Waals surface area (Å²) in [6.07, 6.45) is 1.32. The van der Waals surface area contributed by atoms with Crippen molar-refractivity contribution in [1.82, 2.24) is 5.32 Å². The molecule has 0 fully saturated rings. The molecule has 0 saturated carbocycles. The van der Waals surface area contributed by atoms with E-state index < -0.39 is 27.4 Å². The molecule has 19 heavy (non-hydrogen) atoms. The van der Waals surface area contributed by atoms with Crippen molar-refractivity contribution >= 4 is 21.7 Å². The average Bonchev–Trinajstić information content (AvgIpc) is 2.19. The van der Waals surface area contributed by atoms with Gasteiger partial charge in [0.15, 0.2) is 0 Å². The molecular weight excluding hydrogens is 270 g/mol. The van der Waals surface area contributed by atoms with Gasteiger partial charge in [0.1, 0.15) is 21.5 Å². The van der Waals surface area contributed by atoms with E-state index in [1.54, 1.807) is 27.7 Å². The van der Waals surface area contributed by atoms with Gasteiger partial charge in [0, 0.05) is 12.7 Å². The van der Waals surface area contributed by atoms with Gasteiger partial charge in [-0.1, -0.05) is 6.92 Å². The van der Waals surface area contributed by atoms with Gasteiger partial charge in [-0.2, -0.15) is 0 Å². The van der Waals surface area contributed by atoms with Crippen LogP contribution < -0.4 is 5.32 Å². The zero-order chi connectivity index (χ0) is 15.3. The standard InChI is InChI=1S/C12H23NO5S/c1-6-10(14)13-9(7-8-19(5,16)17)11(15)18-12(2,3)4/h9H,6-8H2,1-5H3,(H,13,14)/t9-/m1/s1. The third-order valence-electron chi connectivity index (χ3n) is 2.12. The smallest absolute Gasteiger partial charge is 0.329 e. The Morgan fingerprint density at radius 2 is 1.79 bits per heavy atom. The number of esters is 1. The third kappa shape index (κ3) is 9.47. The van der Waals surface area contributed by atoms with Crippen molar-refractivity contribution in [2.75, 3.05) is 12.0 Å². The largest absolute Gasteiger partial charge is 0.458 e. The van der Waals surface area contributed by atoms with Crippen LogP contribution in [0.25, 0.3) is 0 Å². The van der Waals surface area contributed by atoms with Crippen molar-refractivity contribution in [2.45, 2.75) is 52.2 Å². The van der Waals surface area contributed by atoms with E-state index >= 15 is 0 Å². The lowest BCUT2D eigenvalue weighted by Gasteiger charge is -2.24. The van der Waals surface area contributed by atoms with Crippen LogP contribution in [0.5, 0.6) is 0 Å². The minimum absolute atomic E-state index is 0.0134. The first-order chi connectivity index (χ1) is 8.44. The van der Waals surface area contributed by atoms with E-state index in [9.17, 15) is 18.0 Å². The molecule has 1 amide bonds. The Hall–Kier alpha value is -1.11. The summed E-state index contributed by atoms with van der Waals surface area (Å²) >= 11 is 0. The van der Waals surface area contributed by atoms with E-state index in [0.29, 0.717) is 0 Å². The lowest BCUT2D eigenvalue weighted by Crippen LogP contribution is -2.44. The number of sulfone groups is 1. The third-order valence-corrected chi connectivity index (χ3v) is 3.10. The molecule has 0 aromatic carbocycles. The number of hydrogen-bond acceptors (Lipinski definition) is 5. The quantitative estimate of drug-likeness (QED) is 0.727. The van der Waals surface area contributed by atoms with Gasteiger partial charge in [-0.3, -0.25) is 4.79 Å². The summed E-state index contributed by atoms with van der Waals surface area (Å²) in [6, 6.07) is -0.929. The van der Waals surface area contributed by atoms with Crippen LogP contribution >= 0.6 is 0 Å². The first-order valence-electron chi connectivity index (χ1n) is 6.14. The number of rotatable bonds is 6. The predicted molar refractivity (Wildman–Crippen MR) is 72.4 cm³/mol. The van der Waals surface area contributed by atoms with Crippen LogP contribution in [-0.4, -0.2) is 43.9 Å². The van der Waals surface area contributed by atoms with E-state index in [0.717, 1.165) is 6.26 Å². The van der Waals surface area contributed by atoms with Crippen molar-refractivity contribution in [3.8, 4) is 0 Å². The fraction of sp³-hybridized carbons (Fsp3) is 0.833. The van der Waals surface area contributed by atoms with E-state index in [4.69, 9.17) is 4.74 Å². The summed E-state index contributed by atoms with van der Waals surface area (Å²) < 4.78 is 27.4. The molecular formula is C12H23NO5S. The molecule has 0 aliphatic heterocycles. The summed E-state index contributed by atoms with van der Waals surface area (Å²) in [7, 11) is -3.20. The van der Waals surface area contributed by atoms with Crippen molar-refractivity contribution in [3.63, 3.8) is 0 Å². The van der Waals surface area contributed by atoms with Gasteiger partial charge in [-0.25, -0.2) is 13.2 Å². The van der Waals surface area contributed by atoms with Gasteiger partial charge in [0.25, 0.3) is 0 Å². The number of carbonyl (C=O) groups is 2. The molecule has 0 aliphatic rings.